The van der Waals surface area contributed by atoms with Gasteiger partial charge in [0, 0.05) is 12.6 Å². The molecule has 0 radical (unpaired) electrons. The van der Waals surface area contributed by atoms with Gasteiger partial charge in [0.25, 0.3) is 0 Å². The molecule has 88 valence electrons. The lowest BCUT2D eigenvalue weighted by atomic mass is 10.0. The number of nitrogens with one attached hydrogen (secondary N) is 1. The van der Waals surface area contributed by atoms with Crippen LogP contribution in [0.2, 0.25) is 0 Å². The summed E-state index contributed by atoms with van der Waals surface area (Å²) in [7, 11) is 0. The Kier molecular flexibility index (Phi) is 5.05. The number of hydrogen-bond acceptors (Lipinski definition) is 3. The quantitative estimate of drug-likeness (QED) is 0.593. The van der Waals surface area contributed by atoms with Gasteiger partial charge >= 0.3 is 0 Å². The van der Waals surface area contributed by atoms with Crippen LogP contribution >= 0.6 is 0 Å². The average molecular weight is 214 g/mol. The first-order chi connectivity index (χ1) is 7.09. The van der Waals surface area contributed by atoms with Gasteiger partial charge in [-0.25, -0.2) is 0 Å². The molecule has 1 aliphatic carbocycles. The number of aliphatic hydroxyl groups is 1. The maximum atomic E-state index is 10.6. The van der Waals surface area contributed by atoms with Crippen molar-refractivity contribution in [1.29, 1.82) is 0 Å². The Bertz CT molecular complexity index is 209. The lowest BCUT2D eigenvalue weighted by molar-refractivity contribution is -0.125. The summed E-state index contributed by atoms with van der Waals surface area (Å²) in [5.41, 5.74) is 4.98. The summed E-state index contributed by atoms with van der Waals surface area (Å²) < 4.78 is 0. The molecule has 4 N–H and O–H groups in total. The molecule has 4 nitrogen and oxygen atoms in total. The molecule has 0 aromatic heterocycles. The van der Waals surface area contributed by atoms with Crippen LogP contribution in [-0.2, 0) is 4.79 Å². The van der Waals surface area contributed by atoms with E-state index in [9.17, 15) is 9.90 Å². The van der Waals surface area contributed by atoms with E-state index in [-0.39, 0.29) is 6.54 Å². The van der Waals surface area contributed by atoms with Gasteiger partial charge in [-0.3, -0.25) is 4.79 Å². The van der Waals surface area contributed by atoms with E-state index in [1.807, 2.05) is 0 Å². The van der Waals surface area contributed by atoms with E-state index in [2.05, 4.69) is 12.2 Å². The van der Waals surface area contributed by atoms with Crippen LogP contribution in [0.4, 0.5) is 0 Å². The lowest BCUT2D eigenvalue weighted by Gasteiger charge is -2.17. The maximum Gasteiger partial charge on any atom is 0.247 e. The Morgan fingerprint density at radius 1 is 1.47 bits per heavy atom. The highest BCUT2D eigenvalue weighted by Crippen LogP contribution is 2.22. The third-order valence-corrected chi connectivity index (χ3v) is 3.19. The standard InChI is InChI=1S/C11H22N2O2/c1-8-3-2-4-9(6-5-8)13-7-10(14)11(12)15/h8-10,13-14H,2-7H2,1H3,(H2,12,15). The predicted molar refractivity (Wildman–Crippen MR) is 59.2 cm³/mol. The van der Waals surface area contributed by atoms with Gasteiger partial charge in [0.05, 0.1) is 0 Å². The van der Waals surface area contributed by atoms with Crippen LogP contribution in [-0.4, -0.2) is 29.7 Å². The first-order valence-electron chi connectivity index (χ1n) is 5.80. The van der Waals surface area contributed by atoms with Crippen molar-refractivity contribution < 1.29 is 9.90 Å². The zero-order valence-electron chi connectivity index (χ0n) is 9.41. The van der Waals surface area contributed by atoms with Crippen LogP contribution in [0.25, 0.3) is 0 Å². The smallest absolute Gasteiger partial charge is 0.247 e. The molecule has 0 aliphatic heterocycles. The van der Waals surface area contributed by atoms with Gasteiger partial charge in [0.1, 0.15) is 6.10 Å². The van der Waals surface area contributed by atoms with E-state index in [0.29, 0.717) is 6.04 Å². The van der Waals surface area contributed by atoms with Crippen LogP contribution in [0.1, 0.15) is 39.0 Å². The van der Waals surface area contributed by atoms with Crippen molar-refractivity contribution in [1.82, 2.24) is 5.32 Å². The van der Waals surface area contributed by atoms with Gasteiger partial charge in [0.2, 0.25) is 5.91 Å². The molecule has 0 heterocycles. The number of amides is 1. The molecular formula is C11H22N2O2. The Balaban J connectivity index is 2.23. The van der Waals surface area contributed by atoms with Gasteiger partial charge in [0.15, 0.2) is 0 Å². The molecule has 0 aromatic rings. The minimum absolute atomic E-state index is 0.286. The maximum absolute atomic E-state index is 10.6. The molecule has 0 spiro atoms. The minimum atomic E-state index is -1.05. The third-order valence-electron chi connectivity index (χ3n) is 3.19. The van der Waals surface area contributed by atoms with Gasteiger partial charge in [-0.1, -0.05) is 19.8 Å². The topological polar surface area (TPSA) is 75.3 Å². The van der Waals surface area contributed by atoms with Gasteiger partial charge in [-0.2, -0.15) is 0 Å². The molecule has 3 atom stereocenters. The Hall–Kier alpha value is -0.610. The molecule has 1 aliphatic rings. The largest absolute Gasteiger partial charge is 0.382 e. The number of rotatable bonds is 4. The zero-order valence-corrected chi connectivity index (χ0v) is 9.41. The molecule has 1 amide bonds. The van der Waals surface area contributed by atoms with Crippen molar-refractivity contribution >= 4 is 5.91 Å². The van der Waals surface area contributed by atoms with Crippen LogP contribution < -0.4 is 11.1 Å². The molecule has 1 rings (SSSR count). The molecule has 0 bridgehead atoms. The monoisotopic (exact) mass is 214 g/mol. The minimum Gasteiger partial charge on any atom is -0.382 e. The van der Waals surface area contributed by atoms with Gasteiger partial charge in [-0.05, 0) is 25.2 Å². The summed E-state index contributed by atoms with van der Waals surface area (Å²) >= 11 is 0. The molecule has 0 aromatic carbocycles. The Morgan fingerprint density at radius 2 is 2.20 bits per heavy atom. The van der Waals surface area contributed by atoms with E-state index in [0.717, 1.165) is 18.8 Å². The molecule has 3 unspecified atom stereocenters. The first kappa shape index (κ1) is 12.5. The molecule has 15 heavy (non-hydrogen) atoms. The van der Waals surface area contributed by atoms with Crippen LogP contribution in [0.15, 0.2) is 0 Å². The summed E-state index contributed by atoms with van der Waals surface area (Å²) in [5, 5.41) is 12.5. The van der Waals surface area contributed by atoms with E-state index in [1.165, 1.54) is 19.3 Å². The average Bonchev–Trinajstić information content (AvgIpc) is 2.39. The fraction of sp³-hybridized carbons (Fsp3) is 0.909. The van der Waals surface area contributed by atoms with E-state index in [4.69, 9.17) is 5.73 Å². The summed E-state index contributed by atoms with van der Waals surface area (Å²) in [6, 6.07) is 0.434. The van der Waals surface area contributed by atoms with Crippen molar-refractivity contribution in [2.45, 2.75) is 51.2 Å². The number of nitrogens with two attached hydrogens (primary N) is 1. The second kappa shape index (κ2) is 6.08. The van der Waals surface area contributed by atoms with Gasteiger partial charge in [-0.15, -0.1) is 0 Å². The number of aliphatic hydroxyl groups excluding tert-OH is 1. The second-order valence-corrected chi connectivity index (χ2v) is 4.64. The van der Waals surface area contributed by atoms with Crippen molar-refractivity contribution in [2.75, 3.05) is 6.54 Å². The number of carbonyl (C=O) groups is 1. The highest BCUT2D eigenvalue weighted by Gasteiger charge is 2.18. The Morgan fingerprint density at radius 3 is 2.87 bits per heavy atom. The molecule has 4 heteroatoms. The number of primary amides is 1. The predicted octanol–water partition coefficient (Wildman–Crippen LogP) is 0.391. The fourth-order valence-electron chi connectivity index (χ4n) is 2.07. The molecule has 1 saturated carbocycles. The third kappa shape index (κ3) is 4.62. The Labute approximate surface area is 91.2 Å². The van der Waals surface area contributed by atoms with Crippen molar-refractivity contribution in [3.8, 4) is 0 Å². The highest BCUT2D eigenvalue weighted by atomic mass is 16.3. The van der Waals surface area contributed by atoms with Crippen molar-refractivity contribution in [3.05, 3.63) is 0 Å². The van der Waals surface area contributed by atoms with Crippen LogP contribution in [0.3, 0.4) is 0 Å². The zero-order chi connectivity index (χ0) is 11.3. The number of hydrogen-bond donors (Lipinski definition) is 3. The summed E-state index contributed by atoms with van der Waals surface area (Å²) in [6.07, 6.45) is 4.96. The summed E-state index contributed by atoms with van der Waals surface area (Å²) in [4.78, 5) is 10.6. The molecular weight excluding hydrogens is 192 g/mol. The highest BCUT2D eigenvalue weighted by molar-refractivity contribution is 5.78. The lowest BCUT2D eigenvalue weighted by Crippen LogP contribution is -2.41. The normalized spacial score (nSPS) is 29.5. The fourth-order valence-corrected chi connectivity index (χ4v) is 2.07. The number of carbonyl (C=O) groups excluding carboxylic acids is 1. The first-order valence-corrected chi connectivity index (χ1v) is 5.80. The molecule has 1 fully saturated rings. The van der Waals surface area contributed by atoms with Crippen molar-refractivity contribution in [3.63, 3.8) is 0 Å². The van der Waals surface area contributed by atoms with Crippen molar-refractivity contribution in [2.24, 2.45) is 11.7 Å². The van der Waals surface area contributed by atoms with E-state index < -0.39 is 12.0 Å². The summed E-state index contributed by atoms with van der Waals surface area (Å²) in [5.74, 6) is 0.155. The van der Waals surface area contributed by atoms with Gasteiger partial charge < -0.3 is 16.2 Å². The summed E-state index contributed by atoms with van der Waals surface area (Å²) in [6.45, 7) is 2.56. The SMILES string of the molecule is CC1CCCC(NCC(O)C(N)=O)CC1. The van der Waals surface area contributed by atoms with Crippen LogP contribution in [0, 0.1) is 5.92 Å². The van der Waals surface area contributed by atoms with Crippen LogP contribution in [0.5, 0.6) is 0 Å². The van der Waals surface area contributed by atoms with E-state index >= 15 is 0 Å². The second-order valence-electron chi connectivity index (χ2n) is 4.64. The molecule has 0 saturated heterocycles. The van der Waals surface area contributed by atoms with E-state index in [1.54, 1.807) is 0 Å².